The quantitative estimate of drug-likeness (QED) is 0.751. The molecule has 0 radical (unpaired) electrons. The van der Waals surface area contributed by atoms with Crippen LogP contribution in [-0.4, -0.2) is 29.5 Å². The van der Waals surface area contributed by atoms with Crippen LogP contribution in [-0.2, 0) is 6.42 Å². The van der Waals surface area contributed by atoms with Gasteiger partial charge in [-0.3, -0.25) is 4.98 Å². The van der Waals surface area contributed by atoms with Crippen LogP contribution < -0.4 is 0 Å². The Bertz CT molecular complexity index is 276. The fourth-order valence-electron chi connectivity index (χ4n) is 2.12. The average Bonchev–Trinajstić information content (AvgIpc) is 2.30. The van der Waals surface area contributed by atoms with Gasteiger partial charge in [0.25, 0.3) is 0 Å². The minimum atomic E-state index is 0.933. The van der Waals surface area contributed by atoms with Gasteiger partial charge in [-0.15, -0.1) is 0 Å². The van der Waals surface area contributed by atoms with Crippen molar-refractivity contribution in [1.29, 1.82) is 0 Å². The minimum Gasteiger partial charge on any atom is -0.303 e. The van der Waals surface area contributed by atoms with E-state index in [1.54, 1.807) is 0 Å². The third-order valence-electron chi connectivity index (χ3n) is 3.34. The van der Waals surface area contributed by atoms with E-state index in [2.05, 4.69) is 28.9 Å². The van der Waals surface area contributed by atoms with E-state index in [4.69, 9.17) is 0 Å². The summed E-state index contributed by atoms with van der Waals surface area (Å²) in [5.74, 6) is 0.933. The van der Waals surface area contributed by atoms with E-state index in [9.17, 15) is 0 Å². The van der Waals surface area contributed by atoms with Gasteiger partial charge in [0.2, 0.25) is 0 Å². The van der Waals surface area contributed by atoms with Gasteiger partial charge in [0, 0.05) is 18.9 Å². The van der Waals surface area contributed by atoms with E-state index in [0.717, 1.165) is 12.3 Å². The summed E-state index contributed by atoms with van der Waals surface area (Å²) in [4.78, 5) is 6.62. The predicted molar refractivity (Wildman–Crippen MR) is 62.8 cm³/mol. The van der Waals surface area contributed by atoms with Crippen molar-refractivity contribution in [3.63, 3.8) is 0 Å². The standard InChI is InChI=1S/C13H20N2/c1-12-4-9-15(10-5-12)11-6-13-2-7-14-8-3-13/h2-3,7-8,12H,4-6,9-11H2,1H3. The van der Waals surface area contributed by atoms with Crippen molar-refractivity contribution in [3.05, 3.63) is 30.1 Å². The lowest BCUT2D eigenvalue weighted by Crippen LogP contribution is -2.34. The molecular weight excluding hydrogens is 184 g/mol. The third kappa shape index (κ3) is 3.31. The van der Waals surface area contributed by atoms with Gasteiger partial charge in [0.15, 0.2) is 0 Å². The van der Waals surface area contributed by atoms with Gasteiger partial charge in [-0.2, -0.15) is 0 Å². The second-order valence-corrected chi connectivity index (χ2v) is 4.63. The Hall–Kier alpha value is -0.890. The summed E-state index contributed by atoms with van der Waals surface area (Å²) >= 11 is 0. The Morgan fingerprint density at radius 3 is 2.60 bits per heavy atom. The number of likely N-dealkylation sites (tertiary alicyclic amines) is 1. The maximum absolute atomic E-state index is 4.04. The van der Waals surface area contributed by atoms with Gasteiger partial charge in [-0.25, -0.2) is 0 Å². The summed E-state index contributed by atoms with van der Waals surface area (Å²) < 4.78 is 0. The molecule has 0 unspecified atom stereocenters. The molecule has 1 aliphatic heterocycles. The summed E-state index contributed by atoms with van der Waals surface area (Å²) in [5.41, 5.74) is 1.41. The van der Waals surface area contributed by atoms with Crippen molar-refractivity contribution >= 4 is 0 Å². The molecule has 2 heteroatoms. The number of nitrogens with zero attached hydrogens (tertiary/aromatic N) is 2. The smallest absolute Gasteiger partial charge is 0.0270 e. The second-order valence-electron chi connectivity index (χ2n) is 4.63. The van der Waals surface area contributed by atoms with Crippen molar-refractivity contribution in [2.45, 2.75) is 26.2 Å². The highest BCUT2D eigenvalue weighted by molar-refractivity contribution is 5.09. The van der Waals surface area contributed by atoms with Crippen LogP contribution >= 0.6 is 0 Å². The van der Waals surface area contributed by atoms with Crippen LogP contribution in [0.15, 0.2) is 24.5 Å². The first kappa shape index (κ1) is 10.6. The summed E-state index contributed by atoms with van der Waals surface area (Å²) in [6.45, 7) is 6.13. The first-order chi connectivity index (χ1) is 7.34. The molecular formula is C13H20N2. The zero-order chi connectivity index (χ0) is 10.5. The van der Waals surface area contributed by atoms with E-state index < -0.39 is 0 Å². The lowest BCUT2D eigenvalue weighted by atomic mass is 9.99. The Morgan fingerprint density at radius 1 is 1.27 bits per heavy atom. The van der Waals surface area contributed by atoms with Crippen molar-refractivity contribution in [2.24, 2.45) is 5.92 Å². The number of piperidine rings is 1. The SMILES string of the molecule is CC1CCN(CCc2ccncc2)CC1. The fourth-order valence-corrected chi connectivity index (χ4v) is 2.12. The van der Waals surface area contributed by atoms with Crippen LogP contribution in [0.1, 0.15) is 25.3 Å². The number of rotatable bonds is 3. The van der Waals surface area contributed by atoms with Crippen molar-refractivity contribution in [3.8, 4) is 0 Å². The number of pyridine rings is 1. The van der Waals surface area contributed by atoms with Crippen molar-refractivity contribution < 1.29 is 0 Å². The van der Waals surface area contributed by atoms with Crippen LogP contribution in [0, 0.1) is 5.92 Å². The van der Waals surface area contributed by atoms with Gasteiger partial charge < -0.3 is 4.90 Å². The van der Waals surface area contributed by atoms with Crippen LogP contribution in [0.2, 0.25) is 0 Å². The average molecular weight is 204 g/mol. The van der Waals surface area contributed by atoms with Gasteiger partial charge in [0.1, 0.15) is 0 Å². The predicted octanol–water partition coefficient (Wildman–Crippen LogP) is 2.36. The van der Waals surface area contributed by atoms with Crippen molar-refractivity contribution in [1.82, 2.24) is 9.88 Å². The summed E-state index contributed by atoms with van der Waals surface area (Å²) in [6.07, 6.45) is 7.67. The number of hydrogen-bond donors (Lipinski definition) is 0. The first-order valence-electron chi connectivity index (χ1n) is 5.96. The number of aromatic nitrogens is 1. The maximum atomic E-state index is 4.04. The molecule has 0 bridgehead atoms. The van der Waals surface area contributed by atoms with E-state index in [0.29, 0.717) is 0 Å². The second kappa shape index (κ2) is 5.26. The van der Waals surface area contributed by atoms with Gasteiger partial charge in [-0.1, -0.05) is 6.92 Å². The lowest BCUT2D eigenvalue weighted by molar-refractivity contribution is 0.194. The molecule has 0 amide bonds. The Kier molecular flexibility index (Phi) is 3.73. The number of hydrogen-bond acceptors (Lipinski definition) is 2. The summed E-state index contributed by atoms with van der Waals surface area (Å²) in [5, 5.41) is 0. The van der Waals surface area contributed by atoms with Crippen molar-refractivity contribution in [2.75, 3.05) is 19.6 Å². The normalized spacial score (nSPS) is 19.3. The molecule has 0 saturated carbocycles. The molecule has 0 atom stereocenters. The van der Waals surface area contributed by atoms with Gasteiger partial charge in [0.05, 0.1) is 0 Å². The molecule has 1 fully saturated rings. The molecule has 1 aromatic heterocycles. The zero-order valence-corrected chi connectivity index (χ0v) is 9.52. The molecule has 0 spiro atoms. The third-order valence-corrected chi connectivity index (χ3v) is 3.34. The molecule has 82 valence electrons. The van der Waals surface area contributed by atoms with Gasteiger partial charge >= 0.3 is 0 Å². The Morgan fingerprint density at radius 2 is 1.93 bits per heavy atom. The van der Waals surface area contributed by atoms with Crippen LogP contribution in [0.4, 0.5) is 0 Å². The molecule has 1 aromatic rings. The molecule has 2 heterocycles. The highest BCUT2D eigenvalue weighted by Gasteiger charge is 2.14. The van der Waals surface area contributed by atoms with E-state index in [-0.39, 0.29) is 0 Å². The molecule has 15 heavy (non-hydrogen) atoms. The monoisotopic (exact) mass is 204 g/mol. The molecule has 0 aromatic carbocycles. The molecule has 1 saturated heterocycles. The first-order valence-corrected chi connectivity index (χ1v) is 5.96. The Balaban J connectivity index is 1.74. The van der Waals surface area contributed by atoms with Gasteiger partial charge in [-0.05, 0) is 56.0 Å². The van der Waals surface area contributed by atoms with Crippen LogP contribution in [0.3, 0.4) is 0 Å². The van der Waals surface area contributed by atoms with E-state index >= 15 is 0 Å². The van der Waals surface area contributed by atoms with Crippen LogP contribution in [0.5, 0.6) is 0 Å². The highest BCUT2D eigenvalue weighted by atomic mass is 15.1. The summed E-state index contributed by atoms with van der Waals surface area (Å²) in [6, 6.07) is 4.24. The largest absolute Gasteiger partial charge is 0.303 e. The lowest BCUT2D eigenvalue weighted by Gasteiger charge is -2.30. The van der Waals surface area contributed by atoms with E-state index in [1.807, 2.05) is 12.4 Å². The molecule has 2 nitrogen and oxygen atoms in total. The summed E-state index contributed by atoms with van der Waals surface area (Å²) in [7, 11) is 0. The molecule has 1 aliphatic rings. The van der Waals surface area contributed by atoms with Crippen LogP contribution in [0.25, 0.3) is 0 Å². The molecule has 0 N–H and O–H groups in total. The maximum Gasteiger partial charge on any atom is 0.0270 e. The van der Waals surface area contributed by atoms with E-state index in [1.165, 1.54) is 38.0 Å². The minimum absolute atomic E-state index is 0.933. The topological polar surface area (TPSA) is 16.1 Å². The molecule has 2 rings (SSSR count). The fraction of sp³-hybridized carbons (Fsp3) is 0.615. The zero-order valence-electron chi connectivity index (χ0n) is 9.52. The Labute approximate surface area is 92.3 Å². The highest BCUT2D eigenvalue weighted by Crippen LogP contribution is 2.16. The molecule has 0 aliphatic carbocycles.